The molecular weight excluding hydrogens is 284 g/mol. The zero-order valence-electron chi connectivity index (χ0n) is 13.1. The molecule has 0 aromatic heterocycles. The number of nitrogens with one attached hydrogen (secondary N) is 2. The van der Waals surface area contributed by atoms with Gasteiger partial charge < -0.3 is 5.32 Å². The summed E-state index contributed by atoms with van der Waals surface area (Å²) in [6.45, 7) is 6.60. The highest BCUT2D eigenvalue weighted by molar-refractivity contribution is 7.88. The average molecular weight is 310 g/mol. The maximum absolute atomic E-state index is 12.2. The molecule has 0 spiro atoms. The Morgan fingerprint density at radius 1 is 1.24 bits per heavy atom. The largest absolute Gasteiger partial charge is 0.310 e. The molecule has 0 heterocycles. The summed E-state index contributed by atoms with van der Waals surface area (Å²) in [4.78, 5) is 0. The van der Waals surface area contributed by atoms with Gasteiger partial charge in [0.1, 0.15) is 0 Å². The molecule has 0 atom stereocenters. The summed E-state index contributed by atoms with van der Waals surface area (Å²) in [7, 11) is -3.31. The molecule has 1 aliphatic carbocycles. The standard InChI is InChI=1S/C16H26N2O2S/c1-4-16(2,3)18-21(19,20)12-14-7-5-6-13(10-14)11-17-15-8-9-15/h5-7,10,15,17-18H,4,8-9,11-12H2,1-3H3. The van der Waals surface area contributed by atoms with Crippen molar-refractivity contribution in [3.63, 3.8) is 0 Å². The Bertz CT molecular complexity index is 578. The average Bonchev–Trinajstić information content (AvgIpc) is 3.19. The van der Waals surface area contributed by atoms with E-state index in [2.05, 4.69) is 10.0 Å². The van der Waals surface area contributed by atoms with Crippen molar-refractivity contribution in [2.45, 2.75) is 63.9 Å². The molecule has 1 aliphatic rings. The lowest BCUT2D eigenvalue weighted by atomic mass is 10.0. The Balaban J connectivity index is 1.99. The smallest absolute Gasteiger partial charge is 0.216 e. The van der Waals surface area contributed by atoms with Crippen LogP contribution in [0.1, 0.15) is 51.2 Å². The molecule has 0 unspecified atom stereocenters. The van der Waals surface area contributed by atoms with Gasteiger partial charge in [-0.1, -0.05) is 31.2 Å². The Morgan fingerprint density at radius 3 is 2.52 bits per heavy atom. The summed E-state index contributed by atoms with van der Waals surface area (Å²) in [5, 5.41) is 3.45. The third kappa shape index (κ3) is 5.77. The maximum atomic E-state index is 12.2. The molecule has 5 heteroatoms. The highest BCUT2D eigenvalue weighted by Crippen LogP contribution is 2.19. The fourth-order valence-corrected chi connectivity index (χ4v) is 3.80. The summed E-state index contributed by atoms with van der Waals surface area (Å²) < 4.78 is 27.2. The van der Waals surface area contributed by atoms with Crippen molar-refractivity contribution in [1.29, 1.82) is 0 Å². The number of hydrogen-bond donors (Lipinski definition) is 2. The molecule has 0 radical (unpaired) electrons. The molecule has 1 fully saturated rings. The van der Waals surface area contributed by atoms with Gasteiger partial charge in [0.2, 0.25) is 10.0 Å². The normalized spacial score (nSPS) is 16.1. The third-order valence-electron chi connectivity index (χ3n) is 3.84. The Hall–Kier alpha value is -0.910. The van der Waals surface area contributed by atoms with Gasteiger partial charge in [-0.15, -0.1) is 0 Å². The van der Waals surface area contributed by atoms with Crippen LogP contribution in [0.2, 0.25) is 0 Å². The van der Waals surface area contributed by atoms with E-state index in [0.717, 1.165) is 24.1 Å². The quantitative estimate of drug-likeness (QED) is 0.776. The first-order chi connectivity index (χ1) is 9.80. The molecule has 0 amide bonds. The number of benzene rings is 1. The van der Waals surface area contributed by atoms with Crippen molar-refractivity contribution >= 4 is 10.0 Å². The molecule has 1 aromatic carbocycles. The number of hydrogen-bond acceptors (Lipinski definition) is 3. The van der Waals surface area contributed by atoms with Gasteiger partial charge in [0.05, 0.1) is 5.75 Å². The van der Waals surface area contributed by atoms with Crippen LogP contribution >= 0.6 is 0 Å². The SMILES string of the molecule is CCC(C)(C)NS(=O)(=O)Cc1cccc(CNC2CC2)c1. The van der Waals surface area contributed by atoms with Gasteiger partial charge >= 0.3 is 0 Å². The van der Waals surface area contributed by atoms with E-state index in [0.29, 0.717) is 6.04 Å². The van der Waals surface area contributed by atoms with Gasteiger partial charge in [0.15, 0.2) is 0 Å². The lowest BCUT2D eigenvalue weighted by Gasteiger charge is -2.24. The van der Waals surface area contributed by atoms with Crippen molar-refractivity contribution in [2.24, 2.45) is 0 Å². The molecule has 1 saturated carbocycles. The molecule has 21 heavy (non-hydrogen) atoms. The van der Waals surface area contributed by atoms with Crippen LogP contribution < -0.4 is 10.0 Å². The summed E-state index contributed by atoms with van der Waals surface area (Å²) in [5.41, 5.74) is 1.58. The molecular formula is C16H26N2O2S. The van der Waals surface area contributed by atoms with E-state index in [9.17, 15) is 8.42 Å². The first-order valence-corrected chi connectivity index (χ1v) is 9.28. The van der Waals surface area contributed by atoms with Crippen LogP contribution in [0.4, 0.5) is 0 Å². The first-order valence-electron chi connectivity index (χ1n) is 7.62. The van der Waals surface area contributed by atoms with Gasteiger partial charge in [-0.05, 0) is 44.2 Å². The van der Waals surface area contributed by atoms with Crippen LogP contribution in [-0.2, 0) is 22.3 Å². The molecule has 0 bridgehead atoms. The second kappa shape index (κ2) is 6.46. The highest BCUT2D eigenvalue weighted by atomic mass is 32.2. The fourth-order valence-electron chi connectivity index (χ4n) is 2.13. The lowest BCUT2D eigenvalue weighted by Crippen LogP contribution is -2.43. The number of rotatable bonds is 8. The topological polar surface area (TPSA) is 58.2 Å². The summed E-state index contributed by atoms with van der Waals surface area (Å²) in [6, 6.07) is 8.48. The third-order valence-corrected chi connectivity index (χ3v) is 5.41. The van der Waals surface area contributed by atoms with Crippen molar-refractivity contribution in [1.82, 2.24) is 10.0 Å². The molecule has 2 N–H and O–H groups in total. The summed E-state index contributed by atoms with van der Waals surface area (Å²) in [6.07, 6.45) is 3.27. The minimum atomic E-state index is -3.31. The van der Waals surface area contributed by atoms with Crippen LogP contribution in [-0.4, -0.2) is 20.0 Å². The van der Waals surface area contributed by atoms with Crippen LogP contribution in [0.5, 0.6) is 0 Å². The van der Waals surface area contributed by atoms with E-state index in [1.165, 1.54) is 12.8 Å². The number of sulfonamides is 1. The fraction of sp³-hybridized carbons (Fsp3) is 0.625. The van der Waals surface area contributed by atoms with E-state index >= 15 is 0 Å². The molecule has 0 aliphatic heterocycles. The van der Waals surface area contributed by atoms with Crippen LogP contribution in [0.25, 0.3) is 0 Å². The zero-order chi connectivity index (χ0) is 15.5. The summed E-state index contributed by atoms with van der Waals surface area (Å²) >= 11 is 0. The monoisotopic (exact) mass is 310 g/mol. The Morgan fingerprint density at radius 2 is 1.90 bits per heavy atom. The Labute approximate surface area is 128 Å². The van der Waals surface area contributed by atoms with Crippen molar-refractivity contribution in [2.75, 3.05) is 0 Å². The van der Waals surface area contributed by atoms with Crippen LogP contribution in [0.3, 0.4) is 0 Å². The highest BCUT2D eigenvalue weighted by Gasteiger charge is 2.23. The molecule has 4 nitrogen and oxygen atoms in total. The van der Waals surface area contributed by atoms with Crippen molar-refractivity contribution < 1.29 is 8.42 Å². The second-order valence-corrected chi connectivity index (χ2v) is 8.30. The molecule has 118 valence electrons. The first kappa shape index (κ1) is 16.5. The van der Waals surface area contributed by atoms with Gasteiger partial charge in [-0.25, -0.2) is 13.1 Å². The molecule has 0 saturated heterocycles. The van der Waals surface area contributed by atoms with Gasteiger partial charge in [-0.2, -0.15) is 0 Å². The van der Waals surface area contributed by atoms with Gasteiger partial charge in [0, 0.05) is 18.1 Å². The molecule has 2 rings (SSSR count). The van der Waals surface area contributed by atoms with E-state index < -0.39 is 15.6 Å². The van der Waals surface area contributed by atoms with E-state index in [-0.39, 0.29) is 5.75 Å². The summed E-state index contributed by atoms with van der Waals surface area (Å²) in [5.74, 6) is 0.0354. The second-order valence-electron chi connectivity index (χ2n) is 6.57. The van der Waals surface area contributed by atoms with E-state index in [4.69, 9.17) is 0 Å². The van der Waals surface area contributed by atoms with Gasteiger partial charge in [-0.3, -0.25) is 0 Å². The Kier molecular flexibility index (Phi) is 5.07. The van der Waals surface area contributed by atoms with Crippen molar-refractivity contribution in [3.05, 3.63) is 35.4 Å². The minimum Gasteiger partial charge on any atom is -0.310 e. The minimum absolute atomic E-state index is 0.0354. The van der Waals surface area contributed by atoms with Crippen LogP contribution in [0, 0.1) is 0 Å². The van der Waals surface area contributed by atoms with Crippen molar-refractivity contribution in [3.8, 4) is 0 Å². The van der Waals surface area contributed by atoms with E-state index in [1.54, 1.807) is 0 Å². The lowest BCUT2D eigenvalue weighted by molar-refractivity contribution is 0.439. The zero-order valence-corrected chi connectivity index (χ0v) is 14.0. The van der Waals surface area contributed by atoms with Crippen LogP contribution in [0.15, 0.2) is 24.3 Å². The maximum Gasteiger partial charge on any atom is 0.216 e. The molecule has 1 aromatic rings. The van der Waals surface area contributed by atoms with E-state index in [1.807, 2.05) is 45.0 Å². The predicted molar refractivity (Wildman–Crippen MR) is 86.4 cm³/mol. The predicted octanol–water partition coefficient (Wildman–Crippen LogP) is 2.55. The van der Waals surface area contributed by atoms with Gasteiger partial charge in [0.25, 0.3) is 0 Å².